The first-order valence-corrected chi connectivity index (χ1v) is 4.24. The molecule has 0 aliphatic carbocycles. The summed E-state index contributed by atoms with van der Waals surface area (Å²) >= 11 is 0. The van der Waals surface area contributed by atoms with Crippen molar-refractivity contribution >= 4 is 5.97 Å². The molecule has 0 aliphatic heterocycles. The van der Waals surface area contributed by atoms with Crippen molar-refractivity contribution < 1.29 is 24.5 Å². The van der Waals surface area contributed by atoms with Crippen molar-refractivity contribution in [3.63, 3.8) is 0 Å². The third kappa shape index (κ3) is 2.31. The van der Waals surface area contributed by atoms with Gasteiger partial charge in [-0.15, -0.1) is 0 Å². The normalized spacial score (nSPS) is 9.73. The Morgan fingerprint density at radius 2 is 2.00 bits per heavy atom. The van der Waals surface area contributed by atoms with Gasteiger partial charge < -0.3 is 19.7 Å². The number of ether oxygens (including phenoxy) is 2. The molecule has 82 valence electrons. The largest absolute Gasteiger partial charge is 0.508 e. The zero-order chi connectivity index (χ0) is 11.4. The first-order valence-electron chi connectivity index (χ1n) is 4.24. The molecule has 1 aromatic rings. The molecule has 15 heavy (non-hydrogen) atoms. The molecule has 5 nitrogen and oxygen atoms in total. The summed E-state index contributed by atoms with van der Waals surface area (Å²) in [4.78, 5) is 10.6. The van der Waals surface area contributed by atoms with Crippen LogP contribution in [-0.4, -0.2) is 30.4 Å². The van der Waals surface area contributed by atoms with Gasteiger partial charge in [0.05, 0.1) is 26.2 Å². The third-order valence-corrected chi connectivity index (χ3v) is 1.95. The number of carbonyl (C=O) groups is 1. The number of aliphatic carboxylic acids is 1. The Balaban J connectivity index is 3.25. The Morgan fingerprint density at radius 1 is 1.33 bits per heavy atom. The van der Waals surface area contributed by atoms with Crippen molar-refractivity contribution in [3.05, 3.63) is 17.7 Å². The maximum absolute atomic E-state index is 10.6. The molecule has 0 aromatic heterocycles. The van der Waals surface area contributed by atoms with Gasteiger partial charge in [-0.25, -0.2) is 0 Å². The molecule has 0 saturated heterocycles. The van der Waals surface area contributed by atoms with E-state index >= 15 is 0 Å². The second-order valence-electron chi connectivity index (χ2n) is 2.87. The van der Waals surface area contributed by atoms with Gasteiger partial charge in [0.1, 0.15) is 5.75 Å². The topological polar surface area (TPSA) is 76.0 Å². The molecule has 0 atom stereocenters. The Labute approximate surface area is 86.9 Å². The number of phenols is 1. The van der Waals surface area contributed by atoms with Gasteiger partial charge in [-0.1, -0.05) is 0 Å². The van der Waals surface area contributed by atoms with Crippen LogP contribution in [-0.2, 0) is 11.2 Å². The SMILES string of the molecule is COc1ccc(O)c(CC(=O)O)c1OC. The van der Waals surface area contributed by atoms with Crippen LogP contribution in [0, 0.1) is 0 Å². The van der Waals surface area contributed by atoms with E-state index in [9.17, 15) is 9.90 Å². The van der Waals surface area contributed by atoms with Crippen molar-refractivity contribution in [2.24, 2.45) is 0 Å². The number of carboxylic acid groups (broad SMARTS) is 1. The molecule has 0 spiro atoms. The fraction of sp³-hybridized carbons (Fsp3) is 0.300. The van der Waals surface area contributed by atoms with E-state index in [0.717, 1.165) is 0 Å². The molecule has 0 unspecified atom stereocenters. The van der Waals surface area contributed by atoms with E-state index in [1.807, 2.05) is 0 Å². The molecule has 0 amide bonds. The van der Waals surface area contributed by atoms with Gasteiger partial charge in [-0.05, 0) is 12.1 Å². The van der Waals surface area contributed by atoms with Crippen LogP contribution in [0.1, 0.15) is 5.56 Å². The fourth-order valence-electron chi connectivity index (χ4n) is 1.30. The highest BCUT2D eigenvalue weighted by Gasteiger charge is 2.16. The smallest absolute Gasteiger partial charge is 0.308 e. The molecule has 0 bridgehead atoms. The summed E-state index contributed by atoms with van der Waals surface area (Å²) in [5.74, 6) is -0.515. The van der Waals surface area contributed by atoms with Crippen LogP contribution < -0.4 is 9.47 Å². The standard InChI is InChI=1S/C10H12O5/c1-14-8-4-3-7(11)6(5-9(12)13)10(8)15-2/h3-4,11H,5H2,1-2H3,(H,12,13). The Kier molecular flexibility index (Phi) is 3.38. The lowest BCUT2D eigenvalue weighted by molar-refractivity contribution is -0.136. The van der Waals surface area contributed by atoms with Crippen LogP contribution in [0.4, 0.5) is 0 Å². The molecular formula is C10H12O5. The Bertz CT molecular complexity index is 372. The number of hydrogen-bond donors (Lipinski definition) is 2. The first kappa shape index (κ1) is 11.2. The van der Waals surface area contributed by atoms with Gasteiger partial charge in [0, 0.05) is 0 Å². The Morgan fingerprint density at radius 3 is 2.47 bits per heavy atom. The van der Waals surface area contributed by atoms with Crippen molar-refractivity contribution in [3.8, 4) is 17.2 Å². The number of aromatic hydroxyl groups is 1. The van der Waals surface area contributed by atoms with Gasteiger partial charge >= 0.3 is 5.97 Å². The van der Waals surface area contributed by atoms with Gasteiger partial charge in [-0.3, -0.25) is 4.79 Å². The van der Waals surface area contributed by atoms with E-state index < -0.39 is 5.97 Å². The van der Waals surface area contributed by atoms with Crippen LogP contribution in [0.3, 0.4) is 0 Å². The van der Waals surface area contributed by atoms with Gasteiger partial charge in [-0.2, -0.15) is 0 Å². The van der Waals surface area contributed by atoms with Crippen molar-refractivity contribution in [2.45, 2.75) is 6.42 Å². The molecule has 0 heterocycles. The number of hydrogen-bond acceptors (Lipinski definition) is 4. The van der Waals surface area contributed by atoms with Crippen LogP contribution in [0.25, 0.3) is 0 Å². The average molecular weight is 212 g/mol. The van der Waals surface area contributed by atoms with Crippen molar-refractivity contribution in [2.75, 3.05) is 14.2 Å². The number of phenolic OH excluding ortho intramolecular Hbond substituents is 1. The van der Waals surface area contributed by atoms with E-state index in [2.05, 4.69) is 0 Å². The molecule has 5 heteroatoms. The second kappa shape index (κ2) is 4.54. The lowest BCUT2D eigenvalue weighted by Gasteiger charge is -2.12. The zero-order valence-corrected chi connectivity index (χ0v) is 8.48. The summed E-state index contributed by atoms with van der Waals surface area (Å²) in [5.41, 5.74) is 0.212. The molecule has 0 fully saturated rings. The highest BCUT2D eigenvalue weighted by atomic mass is 16.5. The van der Waals surface area contributed by atoms with Crippen molar-refractivity contribution in [1.29, 1.82) is 0 Å². The number of methoxy groups -OCH3 is 2. The maximum Gasteiger partial charge on any atom is 0.308 e. The number of benzene rings is 1. The van der Waals surface area contributed by atoms with E-state index in [4.69, 9.17) is 14.6 Å². The molecule has 2 N–H and O–H groups in total. The summed E-state index contributed by atoms with van der Waals surface area (Å²) in [7, 11) is 2.84. The summed E-state index contributed by atoms with van der Waals surface area (Å²) in [6.07, 6.45) is -0.313. The molecule has 0 saturated carbocycles. The molecular weight excluding hydrogens is 200 g/mol. The predicted molar refractivity (Wildman–Crippen MR) is 52.6 cm³/mol. The monoisotopic (exact) mass is 212 g/mol. The highest BCUT2D eigenvalue weighted by molar-refractivity contribution is 5.73. The van der Waals surface area contributed by atoms with Crippen LogP contribution in [0.2, 0.25) is 0 Å². The fourth-order valence-corrected chi connectivity index (χ4v) is 1.30. The molecule has 1 rings (SSSR count). The van der Waals surface area contributed by atoms with E-state index in [-0.39, 0.29) is 23.5 Å². The van der Waals surface area contributed by atoms with Crippen molar-refractivity contribution in [1.82, 2.24) is 0 Å². The minimum absolute atomic E-state index is 0.116. The second-order valence-corrected chi connectivity index (χ2v) is 2.87. The molecule has 0 radical (unpaired) electrons. The van der Waals surface area contributed by atoms with E-state index in [1.54, 1.807) is 0 Å². The van der Waals surface area contributed by atoms with Gasteiger partial charge in [0.25, 0.3) is 0 Å². The minimum atomic E-state index is -1.04. The summed E-state index contributed by atoms with van der Waals surface area (Å²) in [6, 6.07) is 2.89. The number of rotatable bonds is 4. The third-order valence-electron chi connectivity index (χ3n) is 1.95. The average Bonchev–Trinajstić information content (AvgIpc) is 2.20. The summed E-state index contributed by atoms with van der Waals surface area (Å²) in [6.45, 7) is 0. The Hall–Kier alpha value is -1.91. The predicted octanol–water partition coefficient (Wildman–Crippen LogP) is 1.04. The van der Waals surface area contributed by atoms with Crippen LogP contribution in [0.15, 0.2) is 12.1 Å². The minimum Gasteiger partial charge on any atom is -0.508 e. The van der Waals surface area contributed by atoms with E-state index in [1.165, 1.54) is 26.4 Å². The highest BCUT2D eigenvalue weighted by Crippen LogP contribution is 2.36. The van der Waals surface area contributed by atoms with Crippen LogP contribution in [0.5, 0.6) is 17.2 Å². The first-order chi connectivity index (χ1) is 7.10. The quantitative estimate of drug-likeness (QED) is 0.779. The lowest BCUT2D eigenvalue weighted by atomic mass is 10.1. The summed E-state index contributed by atoms with van der Waals surface area (Å²) in [5, 5.41) is 18.2. The molecule has 1 aromatic carbocycles. The van der Waals surface area contributed by atoms with Gasteiger partial charge in [0.2, 0.25) is 0 Å². The summed E-state index contributed by atoms with van der Waals surface area (Å²) < 4.78 is 9.99. The maximum atomic E-state index is 10.6. The lowest BCUT2D eigenvalue weighted by Crippen LogP contribution is -2.04. The van der Waals surface area contributed by atoms with E-state index in [0.29, 0.717) is 5.75 Å². The number of carboxylic acids is 1. The van der Waals surface area contributed by atoms with Gasteiger partial charge in [0.15, 0.2) is 11.5 Å². The zero-order valence-electron chi connectivity index (χ0n) is 8.48. The molecule has 0 aliphatic rings. The van der Waals surface area contributed by atoms with Crippen LogP contribution >= 0.6 is 0 Å².